The molecule has 0 spiro atoms. The molecule has 0 fully saturated rings. The monoisotopic (exact) mass is 500 g/mol. The van der Waals surface area contributed by atoms with E-state index in [9.17, 15) is 9.59 Å². The third-order valence-corrected chi connectivity index (χ3v) is 5.72. The summed E-state index contributed by atoms with van der Waals surface area (Å²) in [7, 11) is 4.44. The zero-order chi connectivity index (χ0) is 25.4. The van der Waals surface area contributed by atoms with Gasteiger partial charge >= 0.3 is 0 Å². The quantitative estimate of drug-likeness (QED) is 0.378. The summed E-state index contributed by atoms with van der Waals surface area (Å²) >= 11 is 1.33. The van der Waals surface area contributed by atoms with Crippen molar-refractivity contribution >= 4 is 34.5 Å². The summed E-state index contributed by atoms with van der Waals surface area (Å²) in [6.07, 6.45) is 0. The molecule has 0 aliphatic rings. The van der Waals surface area contributed by atoms with Gasteiger partial charge in [-0.15, -0.1) is 11.3 Å². The zero-order valence-electron chi connectivity index (χ0n) is 20.2. The first-order valence-electron chi connectivity index (χ1n) is 10.8. The number of rotatable bonds is 11. The van der Waals surface area contributed by atoms with Gasteiger partial charge in [-0.3, -0.25) is 9.59 Å². The van der Waals surface area contributed by atoms with Gasteiger partial charge in [0.15, 0.2) is 11.5 Å². The number of amides is 2. The summed E-state index contributed by atoms with van der Waals surface area (Å²) in [6, 6.07) is 9.89. The first-order valence-corrected chi connectivity index (χ1v) is 11.7. The van der Waals surface area contributed by atoms with Gasteiger partial charge in [-0.1, -0.05) is 6.07 Å². The van der Waals surface area contributed by atoms with Crippen LogP contribution in [0.15, 0.2) is 41.8 Å². The summed E-state index contributed by atoms with van der Waals surface area (Å²) in [5, 5.41) is 7.54. The third kappa shape index (κ3) is 5.96. The predicted octanol–water partition coefficient (Wildman–Crippen LogP) is 5.08. The van der Waals surface area contributed by atoms with Crippen molar-refractivity contribution in [3.63, 3.8) is 0 Å². The molecule has 0 saturated carbocycles. The lowest BCUT2D eigenvalue weighted by molar-refractivity contribution is 0.101. The maximum Gasteiger partial charge on any atom is 0.265 e. The molecule has 0 saturated heterocycles. The number of ether oxygens (including phenoxy) is 5. The van der Waals surface area contributed by atoms with Crippen molar-refractivity contribution < 1.29 is 33.3 Å². The fraction of sp³-hybridized carbons (Fsp3) is 0.280. The second-order valence-corrected chi connectivity index (χ2v) is 7.96. The predicted molar refractivity (Wildman–Crippen MR) is 135 cm³/mol. The second-order valence-electron chi connectivity index (χ2n) is 7.01. The standard InChI is InChI=1S/C25H28N2O7S/c1-6-33-18-14-17(27-25(29)22-9-8-10-35-22)19(34-7-2)13-16(18)26-24(28)15-11-20(30-3)23(32-5)21(12-15)31-4/h8-14H,6-7H2,1-5H3,(H,26,28)(H,27,29). The number of carbonyl (C=O) groups excluding carboxylic acids is 2. The van der Waals surface area contributed by atoms with E-state index >= 15 is 0 Å². The lowest BCUT2D eigenvalue weighted by Crippen LogP contribution is -2.15. The van der Waals surface area contributed by atoms with E-state index in [1.807, 2.05) is 19.2 Å². The molecule has 9 nitrogen and oxygen atoms in total. The van der Waals surface area contributed by atoms with Gasteiger partial charge < -0.3 is 34.3 Å². The van der Waals surface area contributed by atoms with Gasteiger partial charge in [0.2, 0.25) is 5.75 Å². The van der Waals surface area contributed by atoms with E-state index in [0.29, 0.717) is 58.2 Å². The van der Waals surface area contributed by atoms with Crippen molar-refractivity contribution in [3.05, 3.63) is 52.2 Å². The molecule has 35 heavy (non-hydrogen) atoms. The van der Waals surface area contributed by atoms with Crippen LogP contribution in [-0.4, -0.2) is 46.4 Å². The summed E-state index contributed by atoms with van der Waals surface area (Å²) in [5.41, 5.74) is 1.10. The minimum atomic E-state index is -0.428. The number of carbonyl (C=O) groups is 2. The fourth-order valence-electron chi connectivity index (χ4n) is 3.30. The van der Waals surface area contributed by atoms with E-state index in [-0.39, 0.29) is 11.5 Å². The lowest BCUT2D eigenvalue weighted by Gasteiger charge is -2.18. The Morgan fingerprint density at radius 1 is 0.771 bits per heavy atom. The van der Waals surface area contributed by atoms with Gasteiger partial charge in [0.05, 0.1) is 50.8 Å². The Morgan fingerprint density at radius 2 is 1.31 bits per heavy atom. The Kier molecular flexibility index (Phi) is 8.80. The van der Waals surface area contributed by atoms with Crippen molar-refractivity contribution in [2.75, 3.05) is 45.2 Å². The summed E-state index contributed by atoms with van der Waals surface area (Å²) in [5.74, 6) is 1.15. The molecule has 0 radical (unpaired) electrons. The SMILES string of the molecule is CCOc1cc(NC(=O)c2cccs2)c(OCC)cc1NC(=O)c1cc(OC)c(OC)c(OC)c1. The molecule has 0 atom stereocenters. The Hall–Kier alpha value is -3.92. The van der Waals surface area contributed by atoms with Crippen molar-refractivity contribution in [2.24, 2.45) is 0 Å². The molecule has 0 bridgehead atoms. The minimum absolute atomic E-state index is 0.266. The van der Waals surface area contributed by atoms with Crippen LogP contribution in [0.5, 0.6) is 28.7 Å². The molecule has 1 aromatic heterocycles. The number of benzene rings is 2. The number of hydrogen-bond acceptors (Lipinski definition) is 8. The van der Waals surface area contributed by atoms with Crippen LogP contribution in [0.25, 0.3) is 0 Å². The third-order valence-electron chi connectivity index (χ3n) is 4.85. The largest absolute Gasteiger partial charge is 0.493 e. The number of nitrogens with one attached hydrogen (secondary N) is 2. The highest BCUT2D eigenvalue weighted by atomic mass is 32.1. The second kappa shape index (κ2) is 12.0. The van der Waals surface area contributed by atoms with Crippen molar-refractivity contribution in [1.82, 2.24) is 0 Å². The molecule has 3 rings (SSSR count). The van der Waals surface area contributed by atoms with Gasteiger partial charge in [-0.2, -0.15) is 0 Å². The highest BCUT2D eigenvalue weighted by Crippen LogP contribution is 2.40. The average molecular weight is 501 g/mol. The van der Waals surface area contributed by atoms with Gasteiger partial charge in [0.1, 0.15) is 11.5 Å². The van der Waals surface area contributed by atoms with E-state index in [1.165, 1.54) is 32.7 Å². The number of anilines is 2. The van der Waals surface area contributed by atoms with Crippen molar-refractivity contribution in [1.29, 1.82) is 0 Å². The first-order chi connectivity index (χ1) is 16.9. The van der Waals surface area contributed by atoms with Gasteiger partial charge in [-0.25, -0.2) is 0 Å². The van der Waals surface area contributed by atoms with Crippen LogP contribution in [0.3, 0.4) is 0 Å². The van der Waals surface area contributed by atoms with Crippen LogP contribution >= 0.6 is 11.3 Å². The summed E-state index contributed by atoms with van der Waals surface area (Å²) in [4.78, 5) is 26.3. The van der Waals surface area contributed by atoms with Crippen molar-refractivity contribution in [3.8, 4) is 28.7 Å². The minimum Gasteiger partial charge on any atom is -0.493 e. The number of thiophene rings is 1. The maximum atomic E-state index is 13.2. The van der Waals surface area contributed by atoms with E-state index < -0.39 is 5.91 Å². The Labute approximate surface area is 207 Å². The molecule has 10 heteroatoms. The molecule has 186 valence electrons. The molecule has 2 N–H and O–H groups in total. The van der Waals surface area contributed by atoms with Crippen LogP contribution < -0.4 is 34.3 Å². The topological polar surface area (TPSA) is 104 Å². The molecule has 2 amide bonds. The van der Waals surface area contributed by atoms with E-state index in [0.717, 1.165) is 0 Å². The highest BCUT2D eigenvalue weighted by Gasteiger charge is 2.20. The highest BCUT2D eigenvalue weighted by molar-refractivity contribution is 7.12. The van der Waals surface area contributed by atoms with Gasteiger partial charge in [0.25, 0.3) is 11.8 Å². The molecule has 2 aromatic carbocycles. The van der Waals surface area contributed by atoms with Gasteiger partial charge in [-0.05, 0) is 37.4 Å². The van der Waals surface area contributed by atoms with E-state index in [4.69, 9.17) is 23.7 Å². The molecule has 1 heterocycles. The molecule has 3 aromatic rings. The van der Waals surface area contributed by atoms with E-state index in [2.05, 4.69) is 10.6 Å². The number of methoxy groups -OCH3 is 3. The molecular weight excluding hydrogens is 472 g/mol. The van der Waals surface area contributed by atoms with Crippen LogP contribution in [0.4, 0.5) is 11.4 Å². The summed E-state index contributed by atoms with van der Waals surface area (Å²) in [6.45, 7) is 4.36. The van der Waals surface area contributed by atoms with Gasteiger partial charge in [0, 0.05) is 17.7 Å². The van der Waals surface area contributed by atoms with E-state index in [1.54, 1.807) is 36.4 Å². The van der Waals surface area contributed by atoms with Crippen LogP contribution in [0, 0.1) is 0 Å². The maximum absolute atomic E-state index is 13.2. The normalized spacial score (nSPS) is 10.3. The molecular formula is C25H28N2O7S. The fourth-order valence-corrected chi connectivity index (χ4v) is 3.92. The van der Waals surface area contributed by atoms with Crippen LogP contribution in [0.1, 0.15) is 33.9 Å². The average Bonchev–Trinajstić information content (AvgIpc) is 3.41. The smallest absolute Gasteiger partial charge is 0.265 e. The Balaban J connectivity index is 1.97. The first kappa shape index (κ1) is 25.7. The lowest BCUT2D eigenvalue weighted by atomic mass is 10.1. The van der Waals surface area contributed by atoms with Crippen LogP contribution in [0.2, 0.25) is 0 Å². The summed E-state index contributed by atoms with van der Waals surface area (Å²) < 4.78 is 27.5. The van der Waals surface area contributed by atoms with Crippen molar-refractivity contribution in [2.45, 2.75) is 13.8 Å². The zero-order valence-corrected chi connectivity index (χ0v) is 21.0. The Morgan fingerprint density at radius 3 is 1.74 bits per heavy atom. The molecule has 0 aliphatic heterocycles. The molecule has 0 aliphatic carbocycles. The molecule has 0 unspecified atom stereocenters. The number of hydrogen-bond donors (Lipinski definition) is 2. The van der Waals surface area contributed by atoms with Crippen LogP contribution in [-0.2, 0) is 0 Å². The Bertz CT molecular complexity index is 1150.